The van der Waals surface area contributed by atoms with Gasteiger partial charge >= 0.3 is 6.18 Å². The summed E-state index contributed by atoms with van der Waals surface area (Å²) in [5.74, 6) is 0. The molecule has 2 atom stereocenters. The summed E-state index contributed by atoms with van der Waals surface area (Å²) in [6, 6.07) is 2.49. The molecule has 2 rings (SSSR count). The van der Waals surface area contributed by atoms with Gasteiger partial charge < -0.3 is 9.74 Å². The van der Waals surface area contributed by atoms with Crippen molar-refractivity contribution < 1.29 is 17.6 Å². The fraction of sp³-hybridized carbons (Fsp3) is 0.737. The number of hydrogen-bond acceptors (Lipinski definition) is 3. The monoisotopic (exact) mass is 388 g/mol. The standard InChI is InChI=1S/C19H31F3N2OSi/c1-18(2,3)26(4,5)25-17-11-7-6-10-15(17)24-13-16-14(19(20,21)22)9-8-12-23-16/h8-9,12,15,17,24H,6-7,10-11,13H2,1-5H3/t15-,17-/m0/s1. The Morgan fingerprint density at radius 3 is 2.46 bits per heavy atom. The molecule has 0 aromatic carbocycles. The van der Waals surface area contributed by atoms with Gasteiger partial charge in [-0.15, -0.1) is 0 Å². The van der Waals surface area contributed by atoms with Crippen LogP contribution >= 0.6 is 0 Å². The molecule has 1 N–H and O–H groups in total. The maximum Gasteiger partial charge on any atom is 0.418 e. The van der Waals surface area contributed by atoms with E-state index >= 15 is 0 Å². The van der Waals surface area contributed by atoms with Gasteiger partial charge in [0, 0.05) is 18.8 Å². The molecule has 1 saturated carbocycles. The minimum Gasteiger partial charge on any atom is -0.412 e. The molecule has 0 aliphatic heterocycles. The summed E-state index contributed by atoms with van der Waals surface area (Å²) in [5.41, 5.74) is -0.609. The van der Waals surface area contributed by atoms with E-state index in [1.54, 1.807) is 0 Å². The Labute approximate surface area is 155 Å². The van der Waals surface area contributed by atoms with E-state index in [1.165, 1.54) is 12.3 Å². The maximum absolute atomic E-state index is 13.2. The number of pyridine rings is 1. The van der Waals surface area contributed by atoms with Crippen molar-refractivity contribution in [1.29, 1.82) is 0 Å². The first-order valence-corrected chi connectivity index (χ1v) is 12.2. The Kier molecular flexibility index (Phi) is 6.56. The number of nitrogens with zero attached hydrogens (tertiary/aromatic N) is 1. The van der Waals surface area contributed by atoms with Crippen molar-refractivity contribution in [3.63, 3.8) is 0 Å². The van der Waals surface area contributed by atoms with Crippen molar-refractivity contribution in [2.75, 3.05) is 0 Å². The molecular formula is C19H31F3N2OSi. The minimum absolute atomic E-state index is 0.0525. The highest BCUT2D eigenvalue weighted by atomic mass is 28.4. The zero-order valence-corrected chi connectivity index (χ0v) is 17.4. The first kappa shape index (κ1) is 21.4. The van der Waals surface area contributed by atoms with Crippen LogP contribution in [0.2, 0.25) is 18.1 Å². The van der Waals surface area contributed by atoms with Crippen LogP contribution in [0.5, 0.6) is 0 Å². The second kappa shape index (κ2) is 7.98. The summed E-state index contributed by atoms with van der Waals surface area (Å²) in [7, 11) is -1.92. The molecule has 148 valence electrons. The molecule has 3 nitrogen and oxygen atoms in total. The average Bonchev–Trinajstić information content (AvgIpc) is 2.52. The van der Waals surface area contributed by atoms with Gasteiger partial charge in [0.2, 0.25) is 0 Å². The average molecular weight is 389 g/mol. The van der Waals surface area contributed by atoms with E-state index in [4.69, 9.17) is 4.43 Å². The third-order valence-electron chi connectivity index (χ3n) is 5.68. The smallest absolute Gasteiger partial charge is 0.412 e. The van der Waals surface area contributed by atoms with Gasteiger partial charge in [-0.25, -0.2) is 0 Å². The number of alkyl halides is 3. The molecule has 1 heterocycles. The molecule has 1 aromatic rings. The van der Waals surface area contributed by atoms with Gasteiger partial charge in [-0.2, -0.15) is 13.2 Å². The third kappa shape index (κ3) is 5.30. The van der Waals surface area contributed by atoms with Gasteiger partial charge in [0.25, 0.3) is 0 Å². The van der Waals surface area contributed by atoms with E-state index in [9.17, 15) is 13.2 Å². The molecule has 1 aliphatic rings. The quantitative estimate of drug-likeness (QED) is 0.674. The molecule has 0 radical (unpaired) electrons. The highest BCUT2D eigenvalue weighted by Crippen LogP contribution is 2.39. The summed E-state index contributed by atoms with van der Waals surface area (Å²) in [4.78, 5) is 3.95. The molecule has 0 amide bonds. The van der Waals surface area contributed by atoms with Gasteiger partial charge in [-0.3, -0.25) is 4.98 Å². The van der Waals surface area contributed by atoms with Crippen molar-refractivity contribution in [2.45, 2.75) is 89.5 Å². The van der Waals surface area contributed by atoms with Crippen molar-refractivity contribution in [3.05, 3.63) is 29.6 Å². The van der Waals surface area contributed by atoms with Crippen molar-refractivity contribution in [1.82, 2.24) is 10.3 Å². The molecule has 1 aromatic heterocycles. The highest BCUT2D eigenvalue weighted by molar-refractivity contribution is 6.74. The lowest BCUT2D eigenvalue weighted by Crippen LogP contribution is -2.51. The Hall–Kier alpha value is -0.923. The predicted molar refractivity (Wildman–Crippen MR) is 100 cm³/mol. The Morgan fingerprint density at radius 2 is 1.85 bits per heavy atom. The lowest BCUT2D eigenvalue weighted by Gasteiger charge is -2.43. The Balaban J connectivity index is 2.08. The summed E-state index contributed by atoms with van der Waals surface area (Å²) in [6.45, 7) is 11.2. The molecule has 0 bridgehead atoms. The molecule has 1 aliphatic carbocycles. The maximum atomic E-state index is 13.2. The zero-order valence-electron chi connectivity index (χ0n) is 16.4. The van der Waals surface area contributed by atoms with Gasteiger partial charge in [-0.1, -0.05) is 33.6 Å². The largest absolute Gasteiger partial charge is 0.418 e. The summed E-state index contributed by atoms with van der Waals surface area (Å²) in [5, 5.41) is 3.42. The van der Waals surface area contributed by atoms with E-state index < -0.39 is 20.1 Å². The summed E-state index contributed by atoms with van der Waals surface area (Å²) < 4.78 is 46.0. The summed E-state index contributed by atoms with van der Waals surface area (Å²) in [6.07, 6.45) is 1.15. The van der Waals surface area contributed by atoms with Gasteiger partial charge in [0.15, 0.2) is 8.32 Å². The van der Waals surface area contributed by atoms with Crippen LogP contribution in [0.15, 0.2) is 18.3 Å². The van der Waals surface area contributed by atoms with Crippen molar-refractivity contribution in [3.8, 4) is 0 Å². The van der Waals surface area contributed by atoms with Crippen LogP contribution < -0.4 is 5.32 Å². The molecule has 1 fully saturated rings. The van der Waals surface area contributed by atoms with E-state index in [2.05, 4.69) is 44.2 Å². The first-order chi connectivity index (χ1) is 11.9. The number of halogens is 3. The normalized spacial score (nSPS) is 22.5. The van der Waals surface area contributed by atoms with Crippen LogP contribution in [0.1, 0.15) is 57.7 Å². The molecule has 0 saturated heterocycles. The number of hydrogen-bond donors (Lipinski definition) is 1. The van der Waals surface area contributed by atoms with Crippen LogP contribution in [0, 0.1) is 0 Å². The number of nitrogens with one attached hydrogen (secondary N) is 1. The Morgan fingerprint density at radius 1 is 1.19 bits per heavy atom. The van der Waals surface area contributed by atoms with Crippen molar-refractivity contribution >= 4 is 8.32 Å². The SMILES string of the molecule is CC(C)(C)[Si](C)(C)O[C@H]1CCCC[C@@H]1NCc1ncccc1C(F)(F)F. The first-order valence-electron chi connectivity index (χ1n) is 9.34. The minimum atomic E-state index is -4.38. The molecular weight excluding hydrogens is 357 g/mol. The van der Waals surface area contributed by atoms with Gasteiger partial charge in [0.1, 0.15) is 0 Å². The molecule has 0 spiro atoms. The van der Waals surface area contributed by atoms with E-state index in [0.717, 1.165) is 31.7 Å². The Bertz CT molecular complexity index is 599. The van der Waals surface area contributed by atoms with Crippen LogP contribution in [-0.2, 0) is 17.1 Å². The van der Waals surface area contributed by atoms with Crippen LogP contribution in [0.4, 0.5) is 13.2 Å². The molecule has 26 heavy (non-hydrogen) atoms. The second-order valence-corrected chi connectivity index (χ2v) is 13.4. The third-order valence-corrected chi connectivity index (χ3v) is 10.2. The van der Waals surface area contributed by atoms with Crippen molar-refractivity contribution in [2.24, 2.45) is 0 Å². The van der Waals surface area contributed by atoms with E-state index in [-0.39, 0.29) is 29.4 Å². The predicted octanol–water partition coefficient (Wildman–Crippen LogP) is 5.52. The van der Waals surface area contributed by atoms with Gasteiger partial charge in [0.05, 0.1) is 17.4 Å². The number of rotatable bonds is 5. The fourth-order valence-electron chi connectivity index (χ4n) is 3.09. The topological polar surface area (TPSA) is 34.1 Å². The van der Waals surface area contributed by atoms with Gasteiger partial charge in [-0.05, 0) is 43.1 Å². The summed E-state index contributed by atoms with van der Waals surface area (Å²) >= 11 is 0. The molecule has 0 unspecified atom stereocenters. The zero-order chi connectivity index (χ0) is 19.6. The lowest BCUT2D eigenvalue weighted by molar-refractivity contribution is -0.138. The van der Waals surface area contributed by atoms with Crippen LogP contribution in [0.3, 0.4) is 0 Å². The highest BCUT2D eigenvalue weighted by Gasteiger charge is 2.41. The number of aromatic nitrogens is 1. The second-order valence-electron chi connectivity index (χ2n) is 8.68. The lowest BCUT2D eigenvalue weighted by atomic mass is 9.92. The van der Waals surface area contributed by atoms with Crippen LogP contribution in [-0.4, -0.2) is 25.4 Å². The molecule has 7 heteroatoms. The van der Waals surface area contributed by atoms with E-state index in [1.807, 2.05) is 0 Å². The van der Waals surface area contributed by atoms with E-state index in [0.29, 0.717) is 0 Å². The van der Waals surface area contributed by atoms with Crippen LogP contribution in [0.25, 0.3) is 0 Å². The fourth-order valence-corrected chi connectivity index (χ4v) is 4.48.